The average molecular weight is 923 g/mol. The molecule has 4 aromatic carbocycles. The molecule has 0 spiro atoms. The Labute approximate surface area is 366 Å². The van der Waals surface area contributed by atoms with Crippen LogP contribution in [0.3, 0.4) is 0 Å². The second-order valence-corrected chi connectivity index (χ2v) is 21.6. The summed E-state index contributed by atoms with van der Waals surface area (Å²) in [6.45, 7) is 7.12. The maximum absolute atomic E-state index is 14.4. The van der Waals surface area contributed by atoms with E-state index in [1.54, 1.807) is 12.1 Å². The molecule has 4 aromatic rings. The van der Waals surface area contributed by atoms with Gasteiger partial charge in [-0.05, 0) is 141 Å². The number of sulfone groups is 1. The maximum atomic E-state index is 14.4. The molecule has 0 fully saturated rings. The van der Waals surface area contributed by atoms with Gasteiger partial charge in [-0.25, -0.2) is 21.6 Å². The molecular weight excluding hydrogens is 872 g/mol. The number of hydrogen-bond acceptors (Lipinski definition) is 10. The van der Waals surface area contributed by atoms with Gasteiger partial charge in [0.2, 0.25) is 0 Å². The van der Waals surface area contributed by atoms with Gasteiger partial charge in [-0.1, -0.05) is 61.4 Å². The minimum absolute atomic E-state index is 0.00176. The first-order valence-electron chi connectivity index (χ1n) is 19.4. The van der Waals surface area contributed by atoms with Crippen LogP contribution in [0.1, 0.15) is 55.5 Å². The van der Waals surface area contributed by atoms with Crippen LogP contribution in [-0.4, -0.2) is 84.4 Å². The van der Waals surface area contributed by atoms with E-state index >= 15 is 0 Å². The van der Waals surface area contributed by atoms with E-state index in [0.717, 1.165) is 42.8 Å². The zero-order chi connectivity index (χ0) is 43.7. The van der Waals surface area contributed by atoms with Crippen LogP contribution in [0.25, 0.3) is 5.57 Å². The highest BCUT2D eigenvalue weighted by molar-refractivity contribution is 7.99. The van der Waals surface area contributed by atoms with E-state index in [-0.39, 0.29) is 16.7 Å². The molecule has 0 heterocycles. The summed E-state index contributed by atoms with van der Waals surface area (Å²) in [5, 5.41) is 10.6. The summed E-state index contributed by atoms with van der Waals surface area (Å²) >= 11 is 12.7. The molecule has 0 saturated carbocycles. The molecule has 0 aliphatic heterocycles. The largest absolute Gasteiger partial charge is 0.427 e. The van der Waals surface area contributed by atoms with Gasteiger partial charge in [0, 0.05) is 52.6 Å². The Balaban J connectivity index is 1.23. The van der Waals surface area contributed by atoms with Crippen LogP contribution in [0.15, 0.2) is 117 Å². The summed E-state index contributed by atoms with van der Waals surface area (Å²) in [7, 11) is -6.62. The van der Waals surface area contributed by atoms with Crippen molar-refractivity contribution in [3.8, 4) is 0 Å². The van der Waals surface area contributed by atoms with E-state index in [1.165, 1.54) is 40.6 Å². The number of sulfonamides is 1. The van der Waals surface area contributed by atoms with Crippen molar-refractivity contribution in [1.29, 1.82) is 0 Å². The number of nitrogens with zero attached hydrogens (tertiary/aromatic N) is 1. The fraction of sp³-hybridized carbons (Fsp3) is 0.372. The number of nitrogens with one attached hydrogen (secondary N) is 4. The number of halogens is 4. The third kappa shape index (κ3) is 13.2. The van der Waals surface area contributed by atoms with Gasteiger partial charge < -0.3 is 20.9 Å². The van der Waals surface area contributed by atoms with E-state index in [4.69, 9.17) is 23.2 Å². The van der Waals surface area contributed by atoms with Crippen LogP contribution in [0, 0.1) is 5.41 Å². The lowest BCUT2D eigenvalue weighted by molar-refractivity contribution is 0.0981. The number of benzene rings is 4. The SMILES string of the molecule is CN(C)CC[C@H](CSc1ccccc1)Nc1ccc(S(=O)(=O)NC(=O)c2ccc(NCCNCC3=C(c4ccc(Cl)cc4)CCC(C)(C)C3)cc2)cc1S(=O)(=O)C(F)(F)Cl. The number of anilines is 2. The summed E-state index contributed by atoms with van der Waals surface area (Å²) in [4.78, 5) is 14.3. The Morgan fingerprint density at radius 1 is 0.933 bits per heavy atom. The molecule has 1 aliphatic carbocycles. The molecule has 0 saturated heterocycles. The van der Waals surface area contributed by atoms with Gasteiger partial charge in [0.15, 0.2) is 0 Å². The van der Waals surface area contributed by atoms with Gasteiger partial charge in [0.25, 0.3) is 25.8 Å². The Hall–Kier alpha value is -3.70. The number of allylic oxidation sites excluding steroid dienone is 1. The number of thioether (sulfide) groups is 1. The van der Waals surface area contributed by atoms with Crippen LogP contribution in [0.5, 0.6) is 0 Å². The molecule has 0 bridgehead atoms. The van der Waals surface area contributed by atoms with E-state index in [0.29, 0.717) is 48.6 Å². The average Bonchev–Trinajstić information content (AvgIpc) is 3.19. The quantitative estimate of drug-likeness (QED) is 0.0386. The third-order valence-electron chi connectivity index (χ3n) is 10.0. The normalized spacial score (nSPS) is 15.2. The van der Waals surface area contributed by atoms with Gasteiger partial charge >= 0.3 is 4.71 Å². The number of carbonyl (C=O) groups excluding carboxylic acids is 1. The molecule has 1 aliphatic rings. The number of carbonyl (C=O) groups is 1. The Morgan fingerprint density at radius 3 is 2.27 bits per heavy atom. The molecule has 17 heteroatoms. The zero-order valence-corrected chi connectivity index (χ0v) is 37.9. The second-order valence-electron chi connectivity index (χ2n) is 15.7. The van der Waals surface area contributed by atoms with Crippen molar-refractivity contribution in [2.24, 2.45) is 5.41 Å². The predicted molar refractivity (Wildman–Crippen MR) is 241 cm³/mol. The van der Waals surface area contributed by atoms with Gasteiger partial charge in [-0.15, -0.1) is 11.8 Å². The summed E-state index contributed by atoms with van der Waals surface area (Å²) in [5.74, 6) is -0.570. The van der Waals surface area contributed by atoms with Crippen molar-refractivity contribution >= 4 is 77.7 Å². The topological polar surface area (TPSA) is 137 Å². The first-order valence-corrected chi connectivity index (χ1v) is 24.1. The first kappa shape index (κ1) is 47.4. The molecular formula is C43H51Cl2F2N5O5S3. The van der Waals surface area contributed by atoms with E-state index in [9.17, 15) is 30.4 Å². The molecule has 0 radical (unpaired) electrons. The summed E-state index contributed by atoms with van der Waals surface area (Å²) in [6, 6.07) is 25.8. The molecule has 1 amide bonds. The van der Waals surface area contributed by atoms with Gasteiger partial charge in [0.1, 0.15) is 0 Å². The Kier molecular flexibility index (Phi) is 16.1. The maximum Gasteiger partial charge on any atom is 0.427 e. The van der Waals surface area contributed by atoms with Crippen LogP contribution in [0.2, 0.25) is 5.02 Å². The molecule has 60 heavy (non-hydrogen) atoms. The number of alkyl halides is 3. The summed E-state index contributed by atoms with van der Waals surface area (Å²) in [5.41, 5.74) is 4.57. The standard InChI is InChI=1S/C43H51Cl2F2N5O5S3/c1-42(2)22-20-38(30-10-14-33(44)15-11-30)32(27-42)28-48-23-24-49-34-16-12-31(13-17-34)41(53)51-60(56,57)37-18-19-39(40(26-37)59(54,55)43(45,46)47)50-35(21-25-52(3)4)29-58-36-8-6-5-7-9-36/h5-19,26,35,48-50H,20-25,27-29H2,1-4H3,(H,51,53)/t35-/m1/s1. The molecule has 324 valence electrons. The molecule has 1 atom stereocenters. The van der Waals surface area contributed by atoms with Crippen molar-refractivity contribution in [3.63, 3.8) is 0 Å². The summed E-state index contributed by atoms with van der Waals surface area (Å²) < 4.78 is 79.1. The highest BCUT2D eigenvalue weighted by Gasteiger charge is 2.46. The smallest absolute Gasteiger partial charge is 0.384 e. The van der Waals surface area contributed by atoms with Gasteiger partial charge in [0.05, 0.1) is 15.5 Å². The highest BCUT2D eigenvalue weighted by Crippen LogP contribution is 2.42. The van der Waals surface area contributed by atoms with E-state index in [2.05, 4.69) is 41.9 Å². The summed E-state index contributed by atoms with van der Waals surface area (Å²) in [6.07, 6.45) is 3.59. The number of hydrogen-bond donors (Lipinski definition) is 4. The fourth-order valence-corrected chi connectivity index (χ4v) is 10.2. The number of amides is 1. The zero-order valence-electron chi connectivity index (χ0n) is 33.9. The Morgan fingerprint density at radius 2 is 1.62 bits per heavy atom. The molecule has 5 rings (SSSR count). The molecule has 10 nitrogen and oxygen atoms in total. The fourth-order valence-electron chi connectivity index (χ4n) is 6.78. The highest BCUT2D eigenvalue weighted by atomic mass is 35.5. The molecule has 0 unspecified atom stereocenters. The van der Waals surface area contributed by atoms with E-state index < -0.39 is 46.3 Å². The second kappa shape index (κ2) is 20.4. The van der Waals surface area contributed by atoms with Crippen LogP contribution in [-0.2, 0) is 19.9 Å². The van der Waals surface area contributed by atoms with Crippen LogP contribution in [0.4, 0.5) is 20.2 Å². The molecule has 4 N–H and O–H groups in total. The van der Waals surface area contributed by atoms with Crippen molar-refractivity contribution in [1.82, 2.24) is 14.9 Å². The Bertz CT molecular complexity index is 2340. The lowest BCUT2D eigenvalue weighted by Gasteiger charge is -2.34. The van der Waals surface area contributed by atoms with Crippen molar-refractivity contribution in [2.75, 3.05) is 56.7 Å². The van der Waals surface area contributed by atoms with Crippen molar-refractivity contribution in [3.05, 3.63) is 119 Å². The molecule has 0 aromatic heterocycles. The lowest BCUT2D eigenvalue weighted by Crippen LogP contribution is -2.32. The minimum Gasteiger partial charge on any atom is -0.384 e. The number of rotatable bonds is 20. The predicted octanol–water partition coefficient (Wildman–Crippen LogP) is 9.21. The van der Waals surface area contributed by atoms with E-state index in [1.807, 2.05) is 66.2 Å². The van der Waals surface area contributed by atoms with Crippen molar-refractivity contribution < 1.29 is 30.4 Å². The van der Waals surface area contributed by atoms with Crippen LogP contribution >= 0.6 is 35.0 Å². The van der Waals surface area contributed by atoms with Gasteiger partial charge in [-0.2, -0.15) is 8.78 Å². The monoisotopic (exact) mass is 921 g/mol. The lowest BCUT2D eigenvalue weighted by atomic mass is 9.73. The minimum atomic E-state index is -5.60. The first-order chi connectivity index (χ1) is 28.2. The third-order valence-corrected chi connectivity index (χ3v) is 14.9. The van der Waals surface area contributed by atoms with Crippen molar-refractivity contribution in [2.45, 2.75) is 65.0 Å². The van der Waals surface area contributed by atoms with Crippen LogP contribution < -0.4 is 20.7 Å². The van der Waals surface area contributed by atoms with Gasteiger partial charge in [-0.3, -0.25) is 4.79 Å².